The van der Waals surface area contributed by atoms with E-state index in [4.69, 9.17) is 0 Å². The molecule has 0 aromatic heterocycles. The summed E-state index contributed by atoms with van der Waals surface area (Å²) in [6.07, 6.45) is 4.45. The predicted molar refractivity (Wildman–Crippen MR) is 65.2 cm³/mol. The molecule has 1 atom stereocenters. The van der Waals surface area contributed by atoms with Crippen LogP contribution in [0.1, 0.15) is 46.5 Å². The van der Waals surface area contributed by atoms with E-state index in [9.17, 15) is 4.79 Å². The van der Waals surface area contributed by atoms with Gasteiger partial charge >= 0.3 is 0 Å². The third-order valence-corrected chi connectivity index (χ3v) is 4.45. The fourth-order valence-corrected chi connectivity index (χ4v) is 2.70. The number of nitrogens with one attached hydrogen (secondary N) is 2. The average Bonchev–Trinajstić information content (AvgIpc) is 2.93. The fraction of sp³-hybridized carbons (Fsp3) is 0.923. The molecule has 2 fully saturated rings. The Morgan fingerprint density at radius 2 is 2.06 bits per heavy atom. The van der Waals surface area contributed by atoms with E-state index in [0.29, 0.717) is 11.3 Å². The summed E-state index contributed by atoms with van der Waals surface area (Å²) in [5.41, 5.74) is 0.312. The molecule has 1 saturated heterocycles. The second-order valence-corrected chi connectivity index (χ2v) is 6.10. The van der Waals surface area contributed by atoms with Crippen LogP contribution in [0.25, 0.3) is 0 Å². The van der Waals surface area contributed by atoms with E-state index in [2.05, 4.69) is 31.4 Å². The van der Waals surface area contributed by atoms with Crippen LogP contribution in [0.2, 0.25) is 0 Å². The minimum absolute atomic E-state index is 0.0478. The van der Waals surface area contributed by atoms with Gasteiger partial charge in [0.05, 0.1) is 0 Å². The monoisotopic (exact) mass is 224 g/mol. The van der Waals surface area contributed by atoms with E-state index in [0.717, 1.165) is 25.9 Å². The smallest absolute Gasteiger partial charge is 0.224 e. The van der Waals surface area contributed by atoms with E-state index < -0.39 is 0 Å². The van der Waals surface area contributed by atoms with Crippen molar-refractivity contribution in [3.63, 3.8) is 0 Å². The molecule has 1 aliphatic heterocycles. The van der Waals surface area contributed by atoms with Gasteiger partial charge in [-0.1, -0.05) is 6.92 Å². The maximum absolute atomic E-state index is 12.1. The third kappa shape index (κ3) is 2.24. The summed E-state index contributed by atoms with van der Waals surface area (Å²) in [6, 6.07) is 0. The van der Waals surface area contributed by atoms with Crippen molar-refractivity contribution in [2.75, 3.05) is 13.1 Å². The Bertz CT molecular complexity index is 280. The average molecular weight is 224 g/mol. The largest absolute Gasteiger partial charge is 0.351 e. The van der Waals surface area contributed by atoms with E-state index in [1.54, 1.807) is 0 Å². The highest BCUT2D eigenvalue weighted by Gasteiger charge is 2.57. The highest BCUT2D eigenvalue weighted by molar-refractivity contribution is 5.83. The van der Waals surface area contributed by atoms with Crippen LogP contribution in [0.5, 0.6) is 0 Å². The molecule has 1 heterocycles. The number of rotatable bonds is 3. The molecule has 2 rings (SSSR count). The summed E-state index contributed by atoms with van der Waals surface area (Å²) in [5.74, 6) is 0.578. The quantitative estimate of drug-likeness (QED) is 0.766. The van der Waals surface area contributed by atoms with Crippen LogP contribution in [-0.4, -0.2) is 24.5 Å². The van der Waals surface area contributed by atoms with Gasteiger partial charge in [-0.05, 0) is 58.0 Å². The topological polar surface area (TPSA) is 41.1 Å². The molecule has 2 N–H and O–H groups in total. The van der Waals surface area contributed by atoms with Gasteiger partial charge in [0.2, 0.25) is 5.91 Å². The first-order valence-corrected chi connectivity index (χ1v) is 6.52. The number of piperidine rings is 1. The van der Waals surface area contributed by atoms with Gasteiger partial charge in [0.15, 0.2) is 0 Å². The highest BCUT2D eigenvalue weighted by Crippen LogP contribution is 2.58. The second kappa shape index (κ2) is 4.02. The Morgan fingerprint density at radius 3 is 2.62 bits per heavy atom. The van der Waals surface area contributed by atoms with Crippen molar-refractivity contribution in [3.05, 3.63) is 0 Å². The van der Waals surface area contributed by atoms with Gasteiger partial charge in [0, 0.05) is 11.5 Å². The van der Waals surface area contributed by atoms with Crippen LogP contribution in [-0.2, 0) is 4.79 Å². The first-order chi connectivity index (χ1) is 7.49. The zero-order chi connectivity index (χ0) is 11.8. The van der Waals surface area contributed by atoms with E-state index in [1.165, 1.54) is 12.8 Å². The van der Waals surface area contributed by atoms with Crippen LogP contribution in [0.3, 0.4) is 0 Å². The Kier molecular flexibility index (Phi) is 2.99. The summed E-state index contributed by atoms with van der Waals surface area (Å²) in [6.45, 7) is 8.49. The molecule has 1 saturated carbocycles. The molecular weight excluding hydrogens is 200 g/mol. The zero-order valence-electron chi connectivity index (χ0n) is 10.7. The lowest BCUT2D eigenvalue weighted by Gasteiger charge is -2.27. The van der Waals surface area contributed by atoms with Gasteiger partial charge in [-0.15, -0.1) is 0 Å². The lowest BCUT2D eigenvalue weighted by Crippen LogP contribution is -2.44. The van der Waals surface area contributed by atoms with Gasteiger partial charge in [-0.2, -0.15) is 0 Å². The Morgan fingerprint density at radius 1 is 1.44 bits per heavy atom. The van der Waals surface area contributed by atoms with Crippen molar-refractivity contribution in [1.29, 1.82) is 0 Å². The molecule has 1 aliphatic carbocycles. The number of amides is 1. The van der Waals surface area contributed by atoms with Crippen LogP contribution >= 0.6 is 0 Å². The molecule has 92 valence electrons. The molecule has 3 heteroatoms. The maximum Gasteiger partial charge on any atom is 0.224 e. The molecule has 1 amide bonds. The first-order valence-electron chi connectivity index (χ1n) is 6.52. The van der Waals surface area contributed by atoms with Crippen molar-refractivity contribution in [3.8, 4) is 0 Å². The Balaban J connectivity index is 1.89. The molecule has 0 radical (unpaired) electrons. The fourth-order valence-electron chi connectivity index (χ4n) is 2.70. The SMILES string of the molecule is CCC(C)(C)NC(=O)C1CC12CCNCC2. The van der Waals surface area contributed by atoms with Crippen LogP contribution in [0.15, 0.2) is 0 Å². The molecule has 16 heavy (non-hydrogen) atoms. The van der Waals surface area contributed by atoms with Gasteiger partial charge < -0.3 is 10.6 Å². The molecule has 1 unspecified atom stereocenters. The molecule has 0 aromatic carbocycles. The van der Waals surface area contributed by atoms with Crippen molar-refractivity contribution in [2.45, 2.75) is 52.0 Å². The van der Waals surface area contributed by atoms with E-state index >= 15 is 0 Å². The summed E-state index contributed by atoms with van der Waals surface area (Å²) >= 11 is 0. The predicted octanol–water partition coefficient (Wildman–Crippen LogP) is 1.68. The minimum atomic E-state index is -0.0478. The summed E-state index contributed by atoms with van der Waals surface area (Å²) in [5, 5.41) is 6.55. The summed E-state index contributed by atoms with van der Waals surface area (Å²) < 4.78 is 0. The normalized spacial score (nSPS) is 27.8. The van der Waals surface area contributed by atoms with Crippen LogP contribution < -0.4 is 10.6 Å². The minimum Gasteiger partial charge on any atom is -0.351 e. The van der Waals surface area contributed by atoms with E-state index in [1.807, 2.05) is 0 Å². The maximum atomic E-state index is 12.1. The van der Waals surface area contributed by atoms with Gasteiger partial charge in [0.25, 0.3) is 0 Å². The lowest BCUT2D eigenvalue weighted by molar-refractivity contribution is -0.124. The van der Waals surface area contributed by atoms with Crippen molar-refractivity contribution in [2.24, 2.45) is 11.3 Å². The highest BCUT2D eigenvalue weighted by atomic mass is 16.2. The Labute approximate surface area is 98.4 Å². The summed E-state index contributed by atoms with van der Waals surface area (Å²) in [4.78, 5) is 12.1. The molecule has 2 aliphatic rings. The number of carbonyl (C=O) groups is 1. The number of hydrogen-bond donors (Lipinski definition) is 2. The standard InChI is InChI=1S/C13H24N2O/c1-4-12(2,3)15-11(16)10-9-13(10)5-7-14-8-6-13/h10,14H,4-9H2,1-3H3,(H,15,16). The van der Waals surface area contributed by atoms with Crippen molar-refractivity contribution in [1.82, 2.24) is 10.6 Å². The molecular formula is C13H24N2O. The molecule has 1 spiro atoms. The van der Waals surface area contributed by atoms with Crippen LogP contribution in [0.4, 0.5) is 0 Å². The number of carbonyl (C=O) groups excluding carboxylic acids is 1. The number of hydrogen-bond acceptors (Lipinski definition) is 2. The van der Waals surface area contributed by atoms with Gasteiger partial charge in [-0.3, -0.25) is 4.79 Å². The summed E-state index contributed by atoms with van der Waals surface area (Å²) in [7, 11) is 0. The lowest BCUT2D eigenvalue weighted by atomic mass is 9.91. The molecule has 0 bridgehead atoms. The van der Waals surface area contributed by atoms with E-state index in [-0.39, 0.29) is 11.4 Å². The van der Waals surface area contributed by atoms with Crippen LogP contribution in [0, 0.1) is 11.3 Å². The van der Waals surface area contributed by atoms with Crippen molar-refractivity contribution >= 4 is 5.91 Å². The Hall–Kier alpha value is -0.570. The van der Waals surface area contributed by atoms with Gasteiger partial charge in [-0.25, -0.2) is 0 Å². The van der Waals surface area contributed by atoms with Crippen molar-refractivity contribution < 1.29 is 4.79 Å². The molecule has 0 aromatic rings. The third-order valence-electron chi connectivity index (χ3n) is 4.45. The first kappa shape index (κ1) is 11.9. The zero-order valence-corrected chi connectivity index (χ0v) is 10.7. The van der Waals surface area contributed by atoms with Gasteiger partial charge in [0.1, 0.15) is 0 Å². The second-order valence-electron chi connectivity index (χ2n) is 6.10. The molecule has 3 nitrogen and oxygen atoms in total.